The van der Waals surface area contributed by atoms with Gasteiger partial charge in [-0.05, 0) is 86.2 Å². The number of ether oxygens (including phenoxy) is 1. The number of likely N-dealkylation sites (tertiary alicyclic amines) is 1. The van der Waals surface area contributed by atoms with E-state index >= 15 is 0 Å². The van der Waals surface area contributed by atoms with Crippen molar-refractivity contribution in [2.75, 3.05) is 46.4 Å². The molecule has 2 aromatic carbocycles. The molecule has 10 nitrogen and oxygen atoms in total. The van der Waals surface area contributed by atoms with Crippen LogP contribution in [-0.2, 0) is 14.3 Å². The van der Waals surface area contributed by atoms with E-state index in [4.69, 9.17) is 4.74 Å². The molecule has 50 heavy (non-hydrogen) atoms. The Labute approximate surface area is 291 Å². The van der Waals surface area contributed by atoms with Gasteiger partial charge in [0.05, 0.1) is 23.7 Å². The van der Waals surface area contributed by atoms with Crippen molar-refractivity contribution in [2.45, 2.75) is 38.1 Å². The van der Waals surface area contributed by atoms with E-state index in [1.807, 2.05) is 29.2 Å². The zero-order chi connectivity index (χ0) is 34.5. The highest BCUT2D eigenvalue weighted by molar-refractivity contribution is 6.15. The highest BCUT2D eigenvalue weighted by Crippen LogP contribution is 2.37. The first-order valence-electron chi connectivity index (χ1n) is 17.3. The molecule has 1 fully saturated rings. The minimum atomic E-state index is -0.636. The third kappa shape index (κ3) is 7.29. The average Bonchev–Trinajstić information content (AvgIpc) is 3.77. The first kappa shape index (κ1) is 33.5. The van der Waals surface area contributed by atoms with Gasteiger partial charge < -0.3 is 20.4 Å². The van der Waals surface area contributed by atoms with Crippen LogP contribution in [0.1, 0.15) is 43.2 Å². The van der Waals surface area contributed by atoms with Gasteiger partial charge >= 0.3 is 0 Å². The van der Waals surface area contributed by atoms with E-state index in [1.54, 1.807) is 37.7 Å². The Morgan fingerprint density at radius 2 is 1.78 bits per heavy atom. The van der Waals surface area contributed by atoms with E-state index in [2.05, 4.69) is 48.9 Å². The molecule has 3 aliphatic heterocycles. The van der Waals surface area contributed by atoms with Crippen molar-refractivity contribution in [3.05, 3.63) is 113 Å². The maximum atomic E-state index is 14.1. The van der Waals surface area contributed by atoms with Gasteiger partial charge in [-0.2, -0.15) is 5.10 Å². The van der Waals surface area contributed by atoms with Crippen LogP contribution in [0.25, 0.3) is 17.0 Å². The molecule has 4 heterocycles. The molecule has 0 saturated carbocycles. The largest absolute Gasteiger partial charge is 0.385 e. The first-order chi connectivity index (χ1) is 24.4. The molecule has 11 heteroatoms. The summed E-state index contributed by atoms with van der Waals surface area (Å²) >= 11 is 0. The summed E-state index contributed by atoms with van der Waals surface area (Å²) in [5.41, 5.74) is 9.16. The van der Waals surface area contributed by atoms with Crippen LogP contribution in [-0.4, -0.2) is 89.8 Å². The molecule has 1 aromatic heterocycles. The second kappa shape index (κ2) is 14.9. The third-order valence-electron chi connectivity index (χ3n) is 10.2. The minimum Gasteiger partial charge on any atom is -0.385 e. The predicted octanol–water partition coefficient (Wildman–Crippen LogP) is 4.72. The summed E-state index contributed by atoms with van der Waals surface area (Å²) in [6.45, 7) is 3.25. The fourth-order valence-electron chi connectivity index (χ4n) is 7.33. The summed E-state index contributed by atoms with van der Waals surface area (Å²) < 4.78 is 18.9. The van der Waals surface area contributed by atoms with Crippen molar-refractivity contribution in [1.82, 2.24) is 30.5 Å². The number of nitrogens with one attached hydrogen (secondary N) is 2. The highest BCUT2D eigenvalue weighted by Gasteiger charge is 2.45. The van der Waals surface area contributed by atoms with Crippen molar-refractivity contribution in [1.29, 1.82) is 0 Å². The quantitative estimate of drug-likeness (QED) is 0.283. The number of hydrazone groups is 1. The number of fused-ring (bicyclic) bond motifs is 1. The van der Waals surface area contributed by atoms with Crippen LogP contribution in [0.15, 0.2) is 102 Å². The van der Waals surface area contributed by atoms with Gasteiger partial charge in [0, 0.05) is 68.1 Å². The number of hydrogen-bond donors (Lipinski definition) is 2. The number of methoxy groups -OCH3 is 1. The molecular weight excluding hydrogens is 633 g/mol. The second-order valence-corrected chi connectivity index (χ2v) is 13.4. The first-order valence-corrected chi connectivity index (χ1v) is 17.3. The van der Waals surface area contributed by atoms with Crippen LogP contribution in [0.3, 0.4) is 0 Å². The van der Waals surface area contributed by atoms with Crippen LogP contribution < -0.4 is 10.7 Å². The smallest absolute Gasteiger partial charge is 0.237 e. The number of nitrogens with zero attached hydrogens (tertiary/aromatic N) is 5. The van der Waals surface area contributed by atoms with Gasteiger partial charge in [0.1, 0.15) is 5.82 Å². The normalized spacial score (nSPS) is 21.8. The highest BCUT2D eigenvalue weighted by atomic mass is 19.1. The lowest BCUT2D eigenvalue weighted by atomic mass is 9.81. The van der Waals surface area contributed by atoms with Crippen molar-refractivity contribution in [2.24, 2.45) is 10.5 Å². The summed E-state index contributed by atoms with van der Waals surface area (Å²) in [5.74, 6) is 0.447. The van der Waals surface area contributed by atoms with E-state index in [0.717, 1.165) is 46.5 Å². The standard InChI is InChI=1S/C39H42FN7O3/c1-50-23-2-16-39(38(49)43-32-12-13-34-33(24-32)36(45-44-34)29-8-10-31(40)11-9-29)17-22-46(26-39)25-35(48)47-20-14-28(15-21-47)27-4-6-30(7-5-27)37-41-18-3-19-42-37/h3-12,14,18-19,24,34,44H,2,13,15-17,20-23,25-26H2,1H3,(H,43,49). The summed E-state index contributed by atoms with van der Waals surface area (Å²) in [6, 6.07) is 16.4. The van der Waals surface area contributed by atoms with Crippen molar-refractivity contribution in [3.8, 4) is 11.4 Å². The number of allylic oxidation sites excluding steroid dienone is 1. The molecule has 0 radical (unpaired) electrons. The Hall–Kier alpha value is -5.00. The van der Waals surface area contributed by atoms with Gasteiger partial charge in [0.25, 0.3) is 0 Å². The van der Waals surface area contributed by atoms with Crippen molar-refractivity contribution in [3.63, 3.8) is 0 Å². The van der Waals surface area contributed by atoms with Crippen LogP contribution >= 0.6 is 0 Å². The molecule has 1 aliphatic carbocycles. The van der Waals surface area contributed by atoms with Crippen molar-refractivity contribution < 1.29 is 18.7 Å². The monoisotopic (exact) mass is 675 g/mol. The number of hydrogen-bond acceptors (Lipinski definition) is 8. The summed E-state index contributed by atoms with van der Waals surface area (Å²) in [5, 5.41) is 7.73. The maximum Gasteiger partial charge on any atom is 0.237 e. The van der Waals surface area contributed by atoms with E-state index < -0.39 is 5.41 Å². The third-order valence-corrected chi connectivity index (χ3v) is 10.2. The molecule has 2 atom stereocenters. The molecule has 2 unspecified atom stereocenters. The van der Waals surface area contributed by atoms with Crippen LogP contribution in [0, 0.1) is 11.2 Å². The van der Waals surface area contributed by atoms with E-state index in [1.165, 1.54) is 17.7 Å². The number of carbonyl (C=O) groups excluding carboxylic acids is 2. The minimum absolute atomic E-state index is 0.00959. The van der Waals surface area contributed by atoms with Crippen LogP contribution in [0.4, 0.5) is 4.39 Å². The SMILES string of the molecule is COCCCC1(C(=O)NC2=CCC3NN=C(c4ccc(F)cc4)C3=C2)CCN(CC(=O)N2CC=C(c3ccc(-c4ncccn4)cc3)CC2)C1. The van der Waals surface area contributed by atoms with E-state index in [0.29, 0.717) is 57.9 Å². The predicted molar refractivity (Wildman–Crippen MR) is 190 cm³/mol. The molecule has 2 amide bonds. The van der Waals surface area contributed by atoms with Crippen LogP contribution in [0.2, 0.25) is 0 Å². The number of carbonyl (C=O) groups is 2. The summed E-state index contributed by atoms with van der Waals surface area (Å²) in [4.78, 5) is 40.3. The van der Waals surface area contributed by atoms with Crippen LogP contribution in [0.5, 0.6) is 0 Å². The molecule has 4 aliphatic rings. The lowest BCUT2D eigenvalue weighted by Crippen LogP contribution is -2.45. The number of halogens is 1. The Balaban J connectivity index is 0.969. The Bertz CT molecular complexity index is 1840. The topological polar surface area (TPSA) is 112 Å². The zero-order valence-corrected chi connectivity index (χ0v) is 28.3. The molecule has 258 valence electrons. The Morgan fingerprint density at radius 1 is 1.02 bits per heavy atom. The van der Waals surface area contributed by atoms with Gasteiger partial charge in [0.2, 0.25) is 11.8 Å². The summed E-state index contributed by atoms with van der Waals surface area (Å²) in [6.07, 6.45) is 13.1. The van der Waals surface area contributed by atoms with Crippen molar-refractivity contribution >= 4 is 23.1 Å². The lowest BCUT2D eigenvalue weighted by molar-refractivity contribution is -0.133. The Morgan fingerprint density at radius 3 is 2.52 bits per heavy atom. The fourth-order valence-corrected chi connectivity index (χ4v) is 7.33. The molecule has 2 N–H and O–H groups in total. The van der Waals surface area contributed by atoms with E-state index in [9.17, 15) is 14.0 Å². The maximum absolute atomic E-state index is 14.1. The molecular formula is C39H42FN7O3. The Kier molecular flexibility index (Phi) is 9.95. The van der Waals surface area contributed by atoms with E-state index in [-0.39, 0.29) is 30.2 Å². The average molecular weight is 676 g/mol. The fraction of sp³-hybridized carbons (Fsp3) is 0.359. The van der Waals surface area contributed by atoms with Gasteiger partial charge in [-0.25, -0.2) is 14.4 Å². The molecule has 3 aromatic rings. The number of aromatic nitrogens is 2. The van der Waals surface area contributed by atoms with Gasteiger partial charge in [-0.1, -0.05) is 36.4 Å². The lowest BCUT2D eigenvalue weighted by Gasteiger charge is -2.31. The number of rotatable bonds is 11. The van der Waals surface area contributed by atoms with Gasteiger partial charge in [-0.3, -0.25) is 14.5 Å². The molecule has 1 saturated heterocycles. The number of benzene rings is 2. The second-order valence-electron chi connectivity index (χ2n) is 13.4. The summed E-state index contributed by atoms with van der Waals surface area (Å²) in [7, 11) is 1.67. The molecule has 0 bridgehead atoms. The van der Waals surface area contributed by atoms with Gasteiger partial charge in [-0.15, -0.1) is 0 Å². The number of amides is 2. The molecule has 0 spiro atoms. The molecule has 7 rings (SSSR count). The van der Waals surface area contributed by atoms with Gasteiger partial charge in [0.15, 0.2) is 5.82 Å². The zero-order valence-electron chi connectivity index (χ0n) is 28.3.